The SMILES string of the molecule is CC(=O)NCC#Cc1cnc(C)nc1. The Balaban J connectivity index is 2.51. The predicted molar refractivity (Wildman–Crippen MR) is 52.3 cm³/mol. The van der Waals surface area contributed by atoms with Gasteiger partial charge in [0.05, 0.1) is 12.1 Å². The van der Waals surface area contributed by atoms with Crippen molar-refractivity contribution in [3.63, 3.8) is 0 Å². The number of carbonyl (C=O) groups is 1. The fraction of sp³-hybridized carbons (Fsp3) is 0.300. The molecule has 4 nitrogen and oxygen atoms in total. The van der Waals surface area contributed by atoms with Crippen LogP contribution in [0.2, 0.25) is 0 Å². The van der Waals surface area contributed by atoms with Gasteiger partial charge < -0.3 is 5.32 Å². The van der Waals surface area contributed by atoms with Crippen molar-refractivity contribution < 1.29 is 4.79 Å². The maximum absolute atomic E-state index is 10.5. The molecule has 0 saturated heterocycles. The Morgan fingerprint density at radius 3 is 2.71 bits per heavy atom. The van der Waals surface area contributed by atoms with E-state index in [1.54, 1.807) is 12.4 Å². The van der Waals surface area contributed by atoms with E-state index in [2.05, 4.69) is 27.1 Å². The highest BCUT2D eigenvalue weighted by Crippen LogP contribution is 1.91. The number of nitrogens with zero attached hydrogens (tertiary/aromatic N) is 2. The molecule has 1 heterocycles. The molecule has 0 atom stereocenters. The minimum atomic E-state index is -0.0838. The van der Waals surface area contributed by atoms with Gasteiger partial charge in [-0.1, -0.05) is 11.8 Å². The molecule has 0 aromatic carbocycles. The molecule has 72 valence electrons. The zero-order chi connectivity index (χ0) is 10.4. The lowest BCUT2D eigenvalue weighted by Gasteiger charge is -1.92. The zero-order valence-electron chi connectivity index (χ0n) is 8.16. The molecule has 1 rings (SSSR count). The van der Waals surface area contributed by atoms with Crippen molar-refractivity contribution in [2.24, 2.45) is 0 Å². The molecule has 0 unspecified atom stereocenters. The second kappa shape index (κ2) is 4.97. The number of hydrogen-bond acceptors (Lipinski definition) is 3. The van der Waals surface area contributed by atoms with E-state index in [1.807, 2.05) is 6.92 Å². The molecule has 0 saturated carbocycles. The van der Waals surface area contributed by atoms with Crippen molar-refractivity contribution in [1.29, 1.82) is 0 Å². The van der Waals surface area contributed by atoms with Gasteiger partial charge in [-0.2, -0.15) is 0 Å². The molecule has 0 aliphatic heterocycles. The molecular formula is C10H11N3O. The summed E-state index contributed by atoms with van der Waals surface area (Å²) in [5.41, 5.74) is 0.751. The largest absolute Gasteiger partial charge is 0.345 e. The van der Waals surface area contributed by atoms with E-state index in [0.717, 1.165) is 11.4 Å². The van der Waals surface area contributed by atoms with Crippen LogP contribution in [-0.4, -0.2) is 22.4 Å². The van der Waals surface area contributed by atoms with Crippen LogP contribution >= 0.6 is 0 Å². The Morgan fingerprint density at radius 1 is 1.50 bits per heavy atom. The van der Waals surface area contributed by atoms with Gasteiger partial charge in [0.1, 0.15) is 5.82 Å². The van der Waals surface area contributed by atoms with Crippen LogP contribution in [0.15, 0.2) is 12.4 Å². The van der Waals surface area contributed by atoms with Gasteiger partial charge in [0.2, 0.25) is 5.91 Å². The quantitative estimate of drug-likeness (QED) is 0.645. The molecule has 0 bridgehead atoms. The van der Waals surface area contributed by atoms with E-state index in [0.29, 0.717) is 6.54 Å². The van der Waals surface area contributed by atoms with Gasteiger partial charge in [-0.3, -0.25) is 4.79 Å². The van der Waals surface area contributed by atoms with E-state index < -0.39 is 0 Å². The maximum Gasteiger partial charge on any atom is 0.217 e. The number of rotatable bonds is 1. The summed E-state index contributed by atoms with van der Waals surface area (Å²) in [4.78, 5) is 18.5. The number of aromatic nitrogens is 2. The summed E-state index contributed by atoms with van der Waals surface area (Å²) in [7, 11) is 0. The average molecular weight is 189 g/mol. The molecule has 1 aromatic heterocycles. The van der Waals surface area contributed by atoms with Crippen LogP contribution in [0.5, 0.6) is 0 Å². The second-order valence-electron chi connectivity index (χ2n) is 2.73. The first-order chi connectivity index (χ1) is 6.68. The average Bonchev–Trinajstić information content (AvgIpc) is 2.15. The van der Waals surface area contributed by atoms with Gasteiger partial charge in [-0.05, 0) is 6.92 Å². The number of amides is 1. The molecule has 0 aliphatic rings. The predicted octanol–water partition coefficient (Wildman–Crippen LogP) is 0.273. The monoisotopic (exact) mass is 189 g/mol. The highest BCUT2D eigenvalue weighted by Gasteiger charge is 1.88. The fourth-order valence-corrected chi connectivity index (χ4v) is 0.772. The summed E-state index contributed by atoms with van der Waals surface area (Å²) in [5.74, 6) is 6.26. The molecule has 14 heavy (non-hydrogen) atoms. The molecule has 1 amide bonds. The molecule has 4 heteroatoms. The van der Waals surface area contributed by atoms with Gasteiger partial charge in [0.15, 0.2) is 0 Å². The van der Waals surface area contributed by atoms with E-state index in [1.165, 1.54) is 6.92 Å². The van der Waals surface area contributed by atoms with E-state index >= 15 is 0 Å². The second-order valence-corrected chi connectivity index (χ2v) is 2.73. The van der Waals surface area contributed by atoms with E-state index in [-0.39, 0.29) is 5.91 Å². The highest BCUT2D eigenvalue weighted by molar-refractivity contribution is 5.73. The summed E-state index contributed by atoms with van der Waals surface area (Å²) in [6, 6.07) is 0. The van der Waals surface area contributed by atoms with Gasteiger partial charge in [-0.25, -0.2) is 9.97 Å². The summed E-state index contributed by atoms with van der Waals surface area (Å²) in [6.45, 7) is 3.62. The molecule has 0 radical (unpaired) electrons. The summed E-state index contributed by atoms with van der Waals surface area (Å²) < 4.78 is 0. The van der Waals surface area contributed by atoms with Crippen LogP contribution < -0.4 is 5.32 Å². The zero-order valence-corrected chi connectivity index (χ0v) is 8.16. The summed E-state index contributed by atoms with van der Waals surface area (Å²) >= 11 is 0. The Labute approximate surface area is 82.8 Å². The van der Waals surface area contributed by atoms with Crippen molar-refractivity contribution in [3.05, 3.63) is 23.8 Å². The van der Waals surface area contributed by atoms with Crippen LogP contribution in [0.1, 0.15) is 18.3 Å². The summed E-state index contributed by atoms with van der Waals surface area (Å²) in [5, 5.41) is 2.57. The van der Waals surface area contributed by atoms with Crippen molar-refractivity contribution >= 4 is 5.91 Å². The first-order valence-corrected chi connectivity index (χ1v) is 4.20. The Morgan fingerprint density at radius 2 is 2.14 bits per heavy atom. The lowest BCUT2D eigenvalue weighted by Crippen LogP contribution is -2.19. The topological polar surface area (TPSA) is 54.9 Å². The van der Waals surface area contributed by atoms with Crippen molar-refractivity contribution in [1.82, 2.24) is 15.3 Å². The van der Waals surface area contributed by atoms with Gasteiger partial charge in [0.25, 0.3) is 0 Å². The molecule has 0 spiro atoms. The molecule has 1 aromatic rings. The van der Waals surface area contributed by atoms with Crippen LogP contribution in [0.25, 0.3) is 0 Å². The highest BCUT2D eigenvalue weighted by atomic mass is 16.1. The standard InChI is InChI=1S/C10H11N3O/c1-8-12-6-10(7-13-8)4-3-5-11-9(2)14/h6-7H,5H2,1-2H3,(H,11,14). The number of nitrogens with one attached hydrogen (secondary N) is 1. The molecule has 0 fully saturated rings. The smallest absolute Gasteiger partial charge is 0.217 e. The number of aryl methyl sites for hydroxylation is 1. The van der Waals surface area contributed by atoms with Gasteiger partial charge in [-0.15, -0.1) is 0 Å². The Hall–Kier alpha value is -1.89. The fourth-order valence-electron chi connectivity index (χ4n) is 0.772. The van der Waals surface area contributed by atoms with Crippen LogP contribution in [0, 0.1) is 18.8 Å². The molecular weight excluding hydrogens is 178 g/mol. The third-order valence-electron chi connectivity index (χ3n) is 1.44. The van der Waals surface area contributed by atoms with Crippen molar-refractivity contribution in [3.8, 4) is 11.8 Å². The minimum absolute atomic E-state index is 0.0838. The van der Waals surface area contributed by atoms with Crippen LogP contribution in [-0.2, 0) is 4.79 Å². The number of hydrogen-bond donors (Lipinski definition) is 1. The Kier molecular flexibility index (Phi) is 3.62. The van der Waals surface area contributed by atoms with Gasteiger partial charge >= 0.3 is 0 Å². The maximum atomic E-state index is 10.5. The van der Waals surface area contributed by atoms with E-state index in [4.69, 9.17) is 0 Å². The van der Waals surface area contributed by atoms with Gasteiger partial charge in [0, 0.05) is 19.3 Å². The van der Waals surface area contributed by atoms with Crippen LogP contribution in [0.4, 0.5) is 0 Å². The first kappa shape index (κ1) is 10.2. The third kappa shape index (κ3) is 3.68. The summed E-state index contributed by atoms with van der Waals surface area (Å²) in [6.07, 6.45) is 3.31. The molecule has 1 N–H and O–H groups in total. The normalized spacial score (nSPS) is 8.71. The third-order valence-corrected chi connectivity index (χ3v) is 1.44. The van der Waals surface area contributed by atoms with Crippen LogP contribution in [0.3, 0.4) is 0 Å². The molecule has 0 aliphatic carbocycles. The minimum Gasteiger partial charge on any atom is -0.345 e. The lowest BCUT2D eigenvalue weighted by atomic mass is 10.3. The number of carbonyl (C=O) groups excluding carboxylic acids is 1. The van der Waals surface area contributed by atoms with Crippen molar-refractivity contribution in [2.45, 2.75) is 13.8 Å². The van der Waals surface area contributed by atoms with E-state index in [9.17, 15) is 4.79 Å². The lowest BCUT2D eigenvalue weighted by molar-refractivity contribution is -0.118. The Bertz CT molecular complexity index is 373. The first-order valence-electron chi connectivity index (χ1n) is 4.20. The van der Waals surface area contributed by atoms with Crippen molar-refractivity contribution in [2.75, 3.05) is 6.54 Å².